The molecule has 54 heavy (non-hydrogen) atoms. The van der Waals surface area contributed by atoms with Gasteiger partial charge in [0.05, 0.1) is 18.8 Å². The minimum absolute atomic E-state index is 0.365. The lowest BCUT2D eigenvalue weighted by atomic mass is 9.99. The van der Waals surface area contributed by atoms with Gasteiger partial charge in [0.25, 0.3) is 0 Å². The maximum atomic E-state index is 12.5. The monoisotopic (exact) mass is 766 g/mol. The number of aliphatic hydroxyl groups excluding tert-OH is 4. The molecule has 0 saturated heterocycles. The van der Waals surface area contributed by atoms with E-state index >= 15 is 0 Å². The SMILES string of the molecule is CCCCCCCCCCCCC/C=C\CCCCCCCCC(O)C(=O)NC(CO)C(O)C(O)CCCCCCCCCCCCCCCCCCC. The van der Waals surface area contributed by atoms with Crippen LogP contribution in [0.4, 0.5) is 0 Å². The first-order valence-electron chi connectivity index (χ1n) is 24.1. The van der Waals surface area contributed by atoms with Crippen molar-refractivity contribution in [1.82, 2.24) is 5.32 Å². The van der Waals surface area contributed by atoms with Crippen LogP contribution in [0.3, 0.4) is 0 Å². The highest BCUT2D eigenvalue weighted by molar-refractivity contribution is 5.80. The molecule has 0 spiro atoms. The topological polar surface area (TPSA) is 110 Å². The molecule has 0 bridgehead atoms. The number of rotatable bonds is 44. The Hall–Kier alpha value is -0.950. The lowest BCUT2D eigenvalue weighted by molar-refractivity contribution is -0.132. The third-order valence-corrected chi connectivity index (χ3v) is 11.5. The summed E-state index contributed by atoms with van der Waals surface area (Å²) in [5.41, 5.74) is 0. The minimum Gasteiger partial charge on any atom is -0.394 e. The fraction of sp³-hybridized carbons (Fsp3) is 0.938. The second-order valence-corrected chi connectivity index (χ2v) is 16.8. The third kappa shape index (κ3) is 36.7. The molecule has 0 aliphatic carbocycles. The largest absolute Gasteiger partial charge is 0.394 e. The molecule has 0 aliphatic rings. The minimum atomic E-state index is -1.26. The number of nitrogens with one attached hydrogen (secondary N) is 1. The normalized spacial score (nSPS) is 14.1. The first-order chi connectivity index (χ1) is 26.5. The summed E-state index contributed by atoms with van der Waals surface area (Å²) < 4.78 is 0. The van der Waals surface area contributed by atoms with Gasteiger partial charge >= 0.3 is 0 Å². The number of hydrogen-bond acceptors (Lipinski definition) is 5. The van der Waals surface area contributed by atoms with Gasteiger partial charge in [-0.2, -0.15) is 0 Å². The Bertz CT molecular complexity index is 776. The van der Waals surface area contributed by atoms with E-state index in [4.69, 9.17) is 0 Å². The molecule has 6 heteroatoms. The van der Waals surface area contributed by atoms with Gasteiger partial charge in [-0.05, 0) is 38.5 Å². The molecule has 0 fully saturated rings. The fourth-order valence-corrected chi connectivity index (χ4v) is 7.64. The van der Waals surface area contributed by atoms with Crippen molar-refractivity contribution in [2.45, 2.75) is 282 Å². The molecule has 322 valence electrons. The number of carbonyl (C=O) groups is 1. The number of carbonyl (C=O) groups excluding carboxylic acids is 1. The van der Waals surface area contributed by atoms with Gasteiger partial charge in [-0.25, -0.2) is 0 Å². The summed E-state index contributed by atoms with van der Waals surface area (Å²) >= 11 is 0. The Kier molecular flexibility index (Phi) is 42.4. The first-order valence-corrected chi connectivity index (χ1v) is 24.1. The summed E-state index contributed by atoms with van der Waals surface area (Å²) in [6, 6.07) is -0.985. The van der Waals surface area contributed by atoms with Gasteiger partial charge in [0, 0.05) is 0 Å². The standard InChI is InChI=1S/C48H95NO5/c1-3-5-7-9-11-13-15-17-19-21-22-23-24-26-28-30-32-34-36-38-40-42-46(52)48(54)49-44(43-50)47(53)45(51)41-39-37-35-33-31-29-27-25-20-18-16-14-12-10-8-6-4-2/h24,26,44-47,50-53H,3-23,25,27-43H2,1-2H3,(H,49,54)/b26-24-. The van der Waals surface area contributed by atoms with Crippen LogP contribution in [-0.2, 0) is 4.79 Å². The van der Waals surface area contributed by atoms with Crippen molar-refractivity contribution in [3.8, 4) is 0 Å². The van der Waals surface area contributed by atoms with E-state index in [2.05, 4.69) is 31.3 Å². The first kappa shape index (κ1) is 53.0. The van der Waals surface area contributed by atoms with E-state index in [-0.39, 0.29) is 0 Å². The molecule has 4 unspecified atom stereocenters. The van der Waals surface area contributed by atoms with Crippen molar-refractivity contribution in [3.05, 3.63) is 12.2 Å². The summed E-state index contributed by atoms with van der Waals surface area (Å²) in [6.45, 7) is 4.07. The average molecular weight is 766 g/mol. The molecular weight excluding hydrogens is 671 g/mol. The number of allylic oxidation sites excluding steroid dienone is 2. The van der Waals surface area contributed by atoms with Gasteiger partial charge in [0.2, 0.25) is 5.91 Å². The van der Waals surface area contributed by atoms with Gasteiger partial charge in [-0.1, -0.05) is 231 Å². The van der Waals surface area contributed by atoms with Crippen LogP contribution in [0.15, 0.2) is 12.2 Å². The molecule has 0 radical (unpaired) electrons. The zero-order chi connectivity index (χ0) is 39.6. The zero-order valence-electron chi connectivity index (χ0n) is 36.2. The van der Waals surface area contributed by atoms with Crippen LogP contribution in [0.5, 0.6) is 0 Å². The molecular formula is C48H95NO5. The lowest BCUT2D eigenvalue weighted by Crippen LogP contribution is -2.53. The zero-order valence-corrected chi connectivity index (χ0v) is 36.2. The molecule has 0 aromatic rings. The fourth-order valence-electron chi connectivity index (χ4n) is 7.64. The van der Waals surface area contributed by atoms with Crippen LogP contribution in [-0.4, -0.2) is 57.3 Å². The van der Waals surface area contributed by atoms with Crippen molar-refractivity contribution in [2.75, 3.05) is 6.61 Å². The molecule has 5 N–H and O–H groups in total. The number of amides is 1. The smallest absolute Gasteiger partial charge is 0.249 e. The van der Waals surface area contributed by atoms with Crippen LogP contribution in [0.2, 0.25) is 0 Å². The Morgan fingerprint density at radius 1 is 0.444 bits per heavy atom. The predicted octanol–water partition coefficient (Wildman–Crippen LogP) is 13.0. The highest BCUT2D eigenvalue weighted by Crippen LogP contribution is 2.17. The van der Waals surface area contributed by atoms with Gasteiger partial charge in [0.15, 0.2) is 0 Å². The second kappa shape index (κ2) is 43.2. The summed E-state index contributed by atoms with van der Waals surface area (Å²) in [4.78, 5) is 12.5. The molecule has 0 aliphatic heterocycles. The van der Waals surface area contributed by atoms with E-state index in [0.717, 1.165) is 44.9 Å². The van der Waals surface area contributed by atoms with Crippen molar-refractivity contribution >= 4 is 5.91 Å². The maximum absolute atomic E-state index is 12.5. The summed E-state index contributed by atoms with van der Waals surface area (Å²) in [7, 11) is 0. The van der Waals surface area contributed by atoms with E-state index in [1.54, 1.807) is 0 Å². The van der Waals surface area contributed by atoms with Crippen molar-refractivity contribution < 1.29 is 25.2 Å². The van der Waals surface area contributed by atoms with E-state index < -0.39 is 36.9 Å². The van der Waals surface area contributed by atoms with E-state index in [0.29, 0.717) is 12.8 Å². The highest BCUT2D eigenvalue weighted by atomic mass is 16.3. The Morgan fingerprint density at radius 2 is 0.741 bits per heavy atom. The molecule has 0 heterocycles. The van der Waals surface area contributed by atoms with Crippen molar-refractivity contribution in [3.63, 3.8) is 0 Å². The molecule has 1 amide bonds. The van der Waals surface area contributed by atoms with Crippen molar-refractivity contribution in [1.29, 1.82) is 0 Å². The molecule has 0 saturated carbocycles. The summed E-state index contributed by atoms with van der Waals surface area (Å²) in [6.07, 6.45) is 48.2. The Morgan fingerprint density at radius 3 is 1.07 bits per heavy atom. The van der Waals surface area contributed by atoms with Gasteiger partial charge < -0.3 is 25.7 Å². The van der Waals surface area contributed by atoms with Gasteiger partial charge in [0.1, 0.15) is 12.2 Å². The maximum Gasteiger partial charge on any atom is 0.249 e. The van der Waals surface area contributed by atoms with E-state index in [9.17, 15) is 25.2 Å². The van der Waals surface area contributed by atoms with Crippen molar-refractivity contribution in [2.24, 2.45) is 0 Å². The van der Waals surface area contributed by atoms with Crippen LogP contribution in [0, 0.1) is 0 Å². The van der Waals surface area contributed by atoms with E-state index in [1.165, 1.54) is 186 Å². The molecule has 0 rings (SSSR count). The van der Waals surface area contributed by atoms with Crippen LogP contribution in [0.25, 0.3) is 0 Å². The van der Waals surface area contributed by atoms with Crippen LogP contribution in [0.1, 0.15) is 258 Å². The summed E-state index contributed by atoms with van der Waals surface area (Å²) in [5, 5.41) is 43.8. The highest BCUT2D eigenvalue weighted by Gasteiger charge is 2.28. The Balaban J connectivity index is 3.69. The summed E-state index contributed by atoms with van der Waals surface area (Å²) in [5.74, 6) is -0.585. The molecule has 0 aromatic carbocycles. The van der Waals surface area contributed by atoms with Crippen LogP contribution < -0.4 is 5.32 Å². The number of hydrogen-bond donors (Lipinski definition) is 5. The van der Waals surface area contributed by atoms with E-state index in [1.807, 2.05) is 0 Å². The number of aliphatic hydroxyl groups is 4. The second-order valence-electron chi connectivity index (χ2n) is 16.8. The quantitative estimate of drug-likeness (QED) is 0.0313. The third-order valence-electron chi connectivity index (χ3n) is 11.5. The lowest BCUT2D eigenvalue weighted by Gasteiger charge is -2.27. The van der Waals surface area contributed by atoms with Crippen LogP contribution >= 0.6 is 0 Å². The number of unbranched alkanes of at least 4 members (excludes halogenated alkanes) is 33. The average Bonchev–Trinajstić information content (AvgIpc) is 3.18. The molecule has 6 nitrogen and oxygen atoms in total. The Labute approximate surface area is 336 Å². The molecule has 4 atom stereocenters. The van der Waals surface area contributed by atoms with Gasteiger partial charge in [-0.3, -0.25) is 4.79 Å². The predicted molar refractivity (Wildman–Crippen MR) is 233 cm³/mol. The molecule has 0 aromatic heterocycles. The van der Waals surface area contributed by atoms with Gasteiger partial charge in [-0.15, -0.1) is 0 Å².